The lowest BCUT2D eigenvalue weighted by atomic mass is 10.2. The molecule has 1 N–H and O–H groups in total. The molecule has 0 radical (unpaired) electrons. The number of thiophene rings is 1. The first-order chi connectivity index (χ1) is 8.19. The molecule has 0 saturated heterocycles. The Kier molecular flexibility index (Phi) is 4.36. The Morgan fingerprint density at radius 1 is 1.47 bits per heavy atom. The number of halogens is 1. The maximum atomic E-state index is 4.43. The number of nitrogens with one attached hydrogen (secondary N) is 1. The van der Waals surface area contributed by atoms with Crippen molar-refractivity contribution in [1.82, 2.24) is 15.1 Å². The summed E-state index contributed by atoms with van der Waals surface area (Å²) in [4.78, 5) is 0. The molecule has 2 heterocycles. The highest BCUT2D eigenvalue weighted by molar-refractivity contribution is 9.11. The molecular formula is C12H16BrN3S. The quantitative estimate of drug-likeness (QED) is 0.919. The van der Waals surface area contributed by atoms with Crippen molar-refractivity contribution >= 4 is 27.3 Å². The van der Waals surface area contributed by atoms with Crippen molar-refractivity contribution in [3.8, 4) is 0 Å². The Morgan fingerprint density at radius 3 is 2.94 bits per heavy atom. The second kappa shape index (κ2) is 5.80. The molecule has 2 rings (SSSR count). The summed E-state index contributed by atoms with van der Waals surface area (Å²) in [5.41, 5.74) is 3.81. The van der Waals surface area contributed by atoms with Crippen LogP contribution in [-0.4, -0.2) is 9.78 Å². The first-order valence-electron chi connectivity index (χ1n) is 5.64. The van der Waals surface area contributed by atoms with E-state index in [1.165, 1.54) is 20.6 Å². The van der Waals surface area contributed by atoms with Gasteiger partial charge in [0.05, 0.1) is 9.48 Å². The van der Waals surface area contributed by atoms with Crippen molar-refractivity contribution in [3.05, 3.63) is 38.3 Å². The molecule has 3 nitrogen and oxygen atoms in total. The van der Waals surface area contributed by atoms with Crippen LogP contribution < -0.4 is 5.32 Å². The molecule has 0 unspecified atom stereocenters. The molecule has 2 aromatic heterocycles. The van der Waals surface area contributed by atoms with E-state index in [-0.39, 0.29) is 0 Å². The maximum absolute atomic E-state index is 4.43. The van der Waals surface area contributed by atoms with Crippen LogP contribution >= 0.6 is 27.3 Å². The lowest BCUT2D eigenvalue weighted by molar-refractivity contribution is 0.689. The lowest BCUT2D eigenvalue weighted by Gasteiger charge is -2.02. The van der Waals surface area contributed by atoms with E-state index in [1.54, 1.807) is 11.3 Å². The molecule has 0 aliphatic carbocycles. The summed E-state index contributed by atoms with van der Waals surface area (Å²) in [6.07, 6.45) is 3.08. The second-order valence-corrected chi connectivity index (χ2v) is 6.28. The van der Waals surface area contributed by atoms with E-state index in [2.05, 4.69) is 50.9 Å². The van der Waals surface area contributed by atoms with Crippen LogP contribution in [0.1, 0.15) is 23.7 Å². The number of hydrogen-bond acceptors (Lipinski definition) is 3. The SMILES string of the molecule is CCc1nn(C)cc1CNCc1csc(Br)c1. The third kappa shape index (κ3) is 3.40. The highest BCUT2D eigenvalue weighted by Gasteiger charge is 2.05. The molecular weight excluding hydrogens is 298 g/mol. The summed E-state index contributed by atoms with van der Waals surface area (Å²) in [7, 11) is 1.97. The smallest absolute Gasteiger partial charge is 0.0701 e. The number of aryl methyl sites for hydroxylation is 2. The molecule has 0 aliphatic heterocycles. The summed E-state index contributed by atoms with van der Waals surface area (Å²) < 4.78 is 3.07. The van der Waals surface area contributed by atoms with E-state index in [1.807, 2.05) is 11.7 Å². The molecule has 0 aliphatic rings. The van der Waals surface area contributed by atoms with Crippen molar-refractivity contribution in [2.75, 3.05) is 0 Å². The van der Waals surface area contributed by atoms with Gasteiger partial charge in [-0.1, -0.05) is 6.92 Å². The molecule has 2 aromatic rings. The van der Waals surface area contributed by atoms with Crippen LogP contribution in [0.2, 0.25) is 0 Å². The van der Waals surface area contributed by atoms with Gasteiger partial charge in [-0.2, -0.15) is 5.10 Å². The summed E-state index contributed by atoms with van der Waals surface area (Å²) in [5, 5.41) is 10.0. The minimum absolute atomic E-state index is 0.879. The van der Waals surface area contributed by atoms with Crippen LogP contribution in [0.5, 0.6) is 0 Å². The molecule has 92 valence electrons. The Balaban J connectivity index is 1.89. The van der Waals surface area contributed by atoms with Crippen molar-refractivity contribution in [3.63, 3.8) is 0 Å². The minimum Gasteiger partial charge on any atom is -0.308 e. The molecule has 0 amide bonds. The molecule has 17 heavy (non-hydrogen) atoms. The van der Waals surface area contributed by atoms with Gasteiger partial charge in [0.1, 0.15) is 0 Å². The van der Waals surface area contributed by atoms with E-state index in [0.29, 0.717) is 0 Å². The Bertz CT molecular complexity index is 490. The normalized spacial score (nSPS) is 11.0. The van der Waals surface area contributed by atoms with Crippen LogP contribution in [0.3, 0.4) is 0 Å². The number of rotatable bonds is 5. The molecule has 0 spiro atoms. The predicted molar refractivity (Wildman–Crippen MR) is 75.1 cm³/mol. The topological polar surface area (TPSA) is 29.9 Å². The van der Waals surface area contributed by atoms with Crippen molar-refractivity contribution in [1.29, 1.82) is 0 Å². The summed E-state index contributed by atoms with van der Waals surface area (Å²) in [5.74, 6) is 0. The van der Waals surface area contributed by atoms with Gasteiger partial charge in [-0.25, -0.2) is 0 Å². The minimum atomic E-state index is 0.879. The fraction of sp³-hybridized carbons (Fsp3) is 0.417. The largest absolute Gasteiger partial charge is 0.308 e. The van der Waals surface area contributed by atoms with Gasteiger partial charge in [0.2, 0.25) is 0 Å². The molecule has 0 fully saturated rings. The van der Waals surface area contributed by atoms with Crippen LogP contribution in [0, 0.1) is 0 Å². The van der Waals surface area contributed by atoms with E-state index in [4.69, 9.17) is 0 Å². The average molecular weight is 314 g/mol. The van der Waals surface area contributed by atoms with Crippen LogP contribution in [0.4, 0.5) is 0 Å². The Hall–Kier alpha value is -0.650. The second-order valence-electron chi connectivity index (χ2n) is 3.99. The highest BCUT2D eigenvalue weighted by Crippen LogP contribution is 2.20. The third-order valence-corrected chi connectivity index (χ3v) is 4.15. The number of nitrogens with zero attached hydrogens (tertiary/aromatic N) is 2. The summed E-state index contributed by atoms with van der Waals surface area (Å²) in [6.45, 7) is 3.92. The van der Waals surface area contributed by atoms with Gasteiger partial charge in [0.15, 0.2) is 0 Å². The van der Waals surface area contributed by atoms with Gasteiger partial charge >= 0.3 is 0 Å². The van der Waals surface area contributed by atoms with Gasteiger partial charge in [-0.3, -0.25) is 4.68 Å². The van der Waals surface area contributed by atoms with Gasteiger partial charge < -0.3 is 5.32 Å². The predicted octanol–water partition coefficient (Wildman–Crippen LogP) is 3.10. The maximum Gasteiger partial charge on any atom is 0.0701 e. The van der Waals surface area contributed by atoms with Gasteiger partial charge in [-0.05, 0) is 39.4 Å². The van der Waals surface area contributed by atoms with Crippen molar-refractivity contribution in [2.45, 2.75) is 26.4 Å². The molecule has 0 bridgehead atoms. The van der Waals surface area contributed by atoms with Crippen LogP contribution in [-0.2, 0) is 26.6 Å². The standard InChI is InChI=1S/C12H16BrN3S/c1-3-11-10(7-16(2)15-11)6-14-5-9-4-12(13)17-8-9/h4,7-8,14H,3,5-6H2,1-2H3. The van der Waals surface area contributed by atoms with Crippen molar-refractivity contribution in [2.24, 2.45) is 7.05 Å². The lowest BCUT2D eigenvalue weighted by Crippen LogP contribution is -2.12. The summed E-state index contributed by atoms with van der Waals surface area (Å²) >= 11 is 5.20. The Labute approximate surface area is 114 Å². The first kappa shape index (κ1) is 12.8. The molecule has 0 aromatic carbocycles. The average Bonchev–Trinajstić information content (AvgIpc) is 2.85. The number of hydrogen-bond donors (Lipinski definition) is 1. The fourth-order valence-electron chi connectivity index (χ4n) is 1.81. The van der Waals surface area contributed by atoms with Gasteiger partial charge in [0.25, 0.3) is 0 Å². The molecule has 5 heteroatoms. The molecule has 0 atom stereocenters. The monoisotopic (exact) mass is 313 g/mol. The van der Waals surface area contributed by atoms with Crippen LogP contribution in [0.15, 0.2) is 21.4 Å². The fourth-order valence-corrected chi connectivity index (χ4v) is 3.02. The van der Waals surface area contributed by atoms with Gasteiger partial charge in [-0.15, -0.1) is 11.3 Å². The number of aromatic nitrogens is 2. The van der Waals surface area contributed by atoms with E-state index in [0.717, 1.165) is 19.5 Å². The van der Waals surface area contributed by atoms with Crippen molar-refractivity contribution < 1.29 is 0 Å². The van der Waals surface area contributed by atoms with Gasteiger partial charge in [0, 0.05) is 31.9 Å². The first-order valence-corrected chi connectivity index (χ1v) is 7.31. The molecule has 0 saturated carbocycles. The summed E-state index contributed by atoms with van der Waals surface area (Å²) in [6, 6.07) is 2.15. The van der Waals surface area contributed by atoms with E-state index in [9.17, 15) is 0 Å². The zero-order chi connectivity index (χ0) is 12.3. The van der Waals surface area contributed by atoms with E-state index >= 15 is 0 Å². The third-order valence-electron chi connectivity index (χ3n) is 2.59. The Morgan fingerprint density at radius 2 is 2.29 bits per heavy atom. The van der Waals surface area contributed by atoms with E-state index < -0.39 is 0 Å². The zero-order valence-corrected chi connectivity index (χ0v) is 12.4. The highest BCUT2D eigenvalue weighted by atomic mass is 79.9. The van der Waals surface area contributed by atoms with Crippen LogP contribution in [0.25, 0.3) is 0 Å². The zero-order valence-electron chi connectivity index (χ0n) is 10.0.